The Balaban J connectivity index is 1.75. The SMILES string of the molecule is CC(C)(C)C(=O)OC1CC2(C1)CN(C(C)(C)C)C2. The molecule has 3 nitrogen and oxygen atoms in total. The fraction of sp³-hybridized carbons (Fsp3) is 0.933. The summed E-state index contributed by atoms with van der Waals surface area (Å²) in [5.74, 6) is -0.0608. The topological polar surface area (TPSA) is 29.5 Å². The Morgan fingerprint density at radius 2 is 1.61 bits per heavy atom. The van der Waals surface area contributed by atoms with Gasteiger partial charge >= 0.3 is 5.97 Å². The third kappa shape index (κ3) is 2.56. The summed E-state index contributed by atoms with van der Waals surface area (Å²) in [5.41, 5.74) is 0.356. The van der Waals surface area contributed by atoms with Crippen LogP contribution in [-0.2, 0) is 9.53 Å². The quantitative estimate of drug-likeness (QED) is 0.673. The highest BCUT2D eigenvalue weighted by atomic mass is 16.5. The van der Waals surface area contributed by atoms with Gasteiger partial charge in [-0.25, -0.2) is 0 Å². The molecular formula is C15H27NO2. The smallest absolute Gasteiger partial charge is 0.311 e. The molecule has 2 fully saturated rings. The van der Waals surface area contributed by atoms with Crippen molar-refractivity contribution in [3.63, 3.8) is 0 Å². The number of carbonyl (C=O) groups is 1. The van der Waals surface area contributed by atoms with Crippen molar-refractivity contribution in [3.05, 3.63) is 0 Å². The van der Waals surface area contributed by atoms with E-state index in [1.165, 1.54) is 13.1 Å². The van der Waals surface area contributed by atoms with E-state index in [2.05, 4.69) is 25.7 Å². The van der Waals surface area contributed by atoms with Crippen LogP contribution in [0.4, 0.5) is 0 Å². The first-order chi connectivity index (χ1) is 8.02. The van der Waals surface area contributed by atoms with Crippen LogP contribution in [-0.4, -0.2) is 35.6 Å². The molecule has 0 N–H and O–H groups in total. The summed E-state index contributed by atoms with van der Waals surface area (Å²) in [4.78, 5) is 14.3. The highest BCUT2D eigenvalue weighted by Crippen LogP contribution is 2.51. The van der Waals surface area contributed by atoms with Crippen LogP contribution in [0.25, 0.3) is 0 Å². The van der Waals surface area contributed by atoms with Gasteiger partial charge in [0.05, 0.1) is 5.41 Å². The van der Waals surface area contributed by atoms with Crippen molar-refractivity contribution in [3.8, 4) is 0 Å². The maximum atomic E-state index is 11.8. The molecule has 0 aromatic carbocycles. The first-order valence-electron chi connectivity index (χ1n) is 6.98. The normalized spacial score (nSPS) is 24.6. The molecule has 0 amide bonds. The summed E-state index contributed by atoms with van der Waals surface area (Å²) in [6.45, 7) is 14.8. The maximum absolute atomic E-state index is 11.8. The van der Waals surface area contributed by atoms with E-state index in [1.807, 2.05) is 20.8 Å². The summed E-state index contributed by atoms with van der Waals surface area (Å²) in [6, 6.07) is 0. The number of rotatable bonds is 1. The first kappa shape index (κ1) is 13.9. The van der Waals surface area contributed by atoms with Gasteiger partial charge in [-0.2, -0.15) is 0 Å². The van der Waals surface area contributed by atoms with Gasteiger partial charge in [0.25, 0.3) is 0 Å². The van der Waals surface area contributed by atoms with Gasteiger partial charge in [-0.1, -0.05) is 0 Å². The van der Waals surface area contributed by atoms with E-state index in [-0.39, 0.29) is 23.0 Å². The Kier molecular flexibility index (Phi) is 3.05. The highest BCUT2D eigenvalue weighted by Gasteiger charge is 2.55. The van der Waals surface area contributed by atoms with Crippen LogP contribution in [0.15, 0.2) is 0 Å². The van der Waals surface area contributed by atoms with Gasteiger partial charge in [-0.15, -0.1) is 0 Å². The third-order valence-corrected chi connectivity index (χ3v) is 4.21. The number of ether oxygens (including phenoxy) is 1. The van der Waals surface area contributed by atoms with E-state index < -0.39 is 0 Å². The summed E-state index contributed by atoms with van der Waals surface area (Å²) < 4.78 is 5.55. The standard InChI is InChI=1S/C15H27NO2/c1-13(2,3)12(17)18-11-7-15(8-11)9-16(10-15)14(4,5)6/h11H,7-10H2,1-6H3. The van der Waals surface area contributed by atoms with Crippen LogP contribution in [0.3, 0.4) is 0 Å². The molecular weight excluding hydrogens is 226 g/mol. The van der Waals surface area contributed by atoms with Crippen molar-refractivity contribution in [2.75, 3.05) is 13.1 Å². The van der Waals surface area contributed by atoms with Gasteiger partial charge in [0.2, 0.25) is 0 Å². The molecule has 2 aliphatic rings. The molecule has 0 aromatic rings. The minimum atomic E-state index is -0.375. The van der Waals surface area contributed by atoms with Crippen LogP contribution < -0.4 is 0 Å². The van der Waals surface area contributed by atoms with Gasteiger partial charge < -0.3 is 4.74 Å². The van der Waals surface area contributed by atoms with Gasteiger partial charge in [-0.3, -0.25) is 9.69 Å². The molecule has 3 heteroatoms. The molecule has 104 valence electrons. The van der Waals surface area contributed by atoms with E-state index >= 15 is 0 Å². The molecule has 1 saturated carbocycles. The monoisotopic (exact) mass is 253 g/mol. The largest absolute Gasteiger partial charge is 0.462 e. The van der Waals surface area contributed by atoms with Crippen molar-refractivity contribution >= 4 is 5.97 Å². The fourth-order valence-corrected chi connectivity index (χ4v) is 2.81. The average Bonchev–Trinajstić information content (AvgIpc) is 2.01. The lowest BCUT2D eigenvalue weighted by molar-refractivity contribution is -0.192. The zero-order chi connectivity index (χ0) is 13.8. The Morgan fingerprint density at radius 1 is 1.11 bits per heavy atom. The first-order valence-corrected chi connectivity index (χ1v) is 6.98. The summed E-state index contributed by atoms with van der Waals surface area (Å²) >= 11 is 0. The van der Waals surface area contributed by atoms with Gasteiger partial charge in [0.1, 0.15) is 6.10 Å². The number of nitrogens with zero attached hydrogens (tertiary/aromatic N) is 1. The summed E-state index contributed by atoms with van der Waals surface area (Å²) in [5, 5.41) is 0. The lowest BCUT2D eigenvalue weighted by Gasteiger charge is -2.62. The van der Waals surface area contributed by atoms with Crippen molar-refractivity contribution in [1.82, 2.24) is 4.90 Å². The molecule has 0 unspecified atom stereocenters. The molecule has 18 heavy (non-hydrogen) atoms. The predicted octanol–water partition coefficient (Wildman–Crippen LogP) is 2.84. The van der Waals surface area contributed by atoms with Crippen LogP contribution in [0.5, 0.6) is 0 Å². The van der Waals surface area contributed by atoms with Crippen LogP contribution >= 0.6 is 0 Å². The van der Waals surface area contributed by atoms with Crippen molar-refractivity contribution in [1.29, 1.82) is 0 Å². The Bertz CT molecular complexity index is 334. The highest BCUT2D eigenvalue weighted by molar-refractivity contribution is 5.75. The lowest BCUT2D eigenvalue weighted by atomic mass is 9.60. The molecule has 1 heterocycles. The maximum Gasteiger partial charge on any atom is 0.311 e. The second-order valence-corrected chi connectivity index (χ2v) is 8.21. The molecule has 1 spiro atoms. The number of likely N-dealkylation sites (tertiary alicyclic amines) is 1. The fourth-order valence-electron chi connectivity index (χ4n) is 2.81. The van der Waals surface area contributed by atoms with E-state index in [0.29, 0.717) is 5.41 Å². The van der Waals surface area contributed by atoms with Crippen molar-refractivity contribution in [2.45, 2.75) is 66.0 Å². The minimum Gasteiger partial charge on any atom is -0.462 e. The van der Waals surface area contributed by atoms with Crippen LogP contribution in [0.1, 0.15) is 54.4 Å². The molecule has 1 saturated heterocycles. The zero-order valence-electron chi connectivity index (χ0n) is 12.7. The lowest BCUT2D eigenvalue weighted by Crippen LogP contribution is -2.68. The Morgan fingerprint density at radius 3 is 2.00 bits per heavy atom. The molecule has 0 bridgehead atoms. The van der Waals surface area contributed by atoms with Crippen LogP contribution in [0, 0.1) is 10.8 Å². The zero-order valence-corrected chi connectivity index (χ0v) is 12.7. The molecule has 0 aromatic heterocycles. The molecule has 0 atom stereocenters. The number of hydrogen-bond donors (Lipinski definition) is 0. The second-order valence-electron chi connectivity index (χ2n) is 8.21. The number of hydrogen-bond acceptors (Lipinski definition) is 3. The number of esters is 1. The van der Waals surface area contributed by atoms with Crippen LogP contribution in [0.2, 0.25) is 0 Å². The Labute approximate surface area is 111 Å². The summed E-state index contributed by atoms with van der Waals surface area (Å²) in [7, 11) is 0. The number of carbonyl (C=O) groups excluding carboxylic acids is 1. The van der Waals surface area contributed by atoms with E-state index in [9.17, 15) is 4.79 Å². The molecule has 1 aliphatic heterocycles. The van der Waals surface area contributed by atoms with Gasteiger partial charge in [0, 0.05) is 24.0 Å². The van der Waals surface area contributed by atoms with E-state index in [1.54, 1.807) is 0 Å². The average molecular weight is 253 g/mol. The second kappa shape index (κ2) is 3.96. The molecule has 2 rings (SSSR count). The summed E-state index contributed by atoms with van der Waals surface area (Å²) in [6.07, 6.45) is 2.28. The van der Waals surface area contributed by atoms with Gasteiger partial charge in [-0.05, 0) is 54.4 Å². The predicted molar refractivity (Wildman–Crippen MR) is 72.3 cm³/mol. The van der Waals surface area contributed by atoms with Crippen molar-refractivity contribution < 1.29 is 9.53 Å². The third-order valence-electron chi connectivity index (χ3n) is 4.21. The van der Waals surface area contributed by atoms with Gasteiger partial charge in [0.15, 0.2) is 0 Å². The Hall–Kier alpha value is -0.570. The van der Waals surface area contributed by atoms with E-state index in [0.717, 1.165) is 12.8 Å². The van der Waals surface area contributed by atoms with E-state index in [4.69, 9.17) is 4.74 Å². The minimum absolute atomic E-state index is 0.0608. The molecule has 0 radical (unpaired) electrons. The molecule has 1 aliphatic carbocycles. The van der Waals surface area contributed by atoms with Crippen molar-refractivity contribution in [2.24, 2.45) is 10.8 Å².